The summed E-state index contributed by atoms with van der Waals surface area (Å²) < 4.78 is 2.22. The molecule has 0 amide bonds. The highest BCUT2D eigenvalue weighted by molar-refractivity contribution is 9.11. The van der Waals surface area contributed by atoms with Crippen LogP contribution in [0, 0.1) is 6.92 Å². The summed E-state index contributed by atoms with van der Waals surface area (Å²) in [5.41, 5.74) is 3.88. The van der Waals surface area contributed by atoms with Crippen LogP contribution in [0.25, 0.3) is 0 Å². The van der Waals surface area contributed by atoms with E-state index in [9.17, 15) is 0 Å². The van der Waals surface area contributed by atoms with Crippen molar-refractivity contribution in [1.82, 2.24) is 5.32 Å². The fourth-order valence-electron chi connectivity index (χ4n) is 2.27. The van der Waals surface area contributed by atoms with E-state index in [2.05, 4.69) is 100 Å². The summed E-state index contributed by atoms with van der Waals surface area (Å²) in [5.74, 6) is 0. The van der Waals surface area contributed by atoms with Gasteiger partial charge in [0.25, 0.3) is 0 Å². The molecule has 0 aromatic heterocycles. The summed E-state index contributed by atoms with van der Waals surface area (Å²) in [7, 11) is 0. The molecule has 0 saturated heterocycles. The monoisotopic (exact) mass is 395 g/mol. The average molecular weight is 397 g/mol. The molecule has 0 aliphatic carbocycles. The molecule has 1 nitrogen and oxygen atoms in total. The molecule has 2 unspecified atom stereocenters. The molecular weight excluding hydrogens is 378 g/mol. The second-order valence-electron chi connectivity index (χ2n) is 5.19. The van der Waals surface area contributed by atoms with Gasteiger partial charge in [-0.1, -0.05) is 67.8 Å². The highest BCUT2D eigenvalue weighted by Crippen LogP contribution is 2.28. The second kappa shape index (κ2) is 6.88. The van der Waals surface area contributed by atoms with Crippen molar-refractivity contribution in [3.05, 3.63) is 68.1 Å². The summed E-state index contributed by atoms with van der Waals surface area (Å²) in [6.07, 6.45) is 0. The summed E-state index contributed by atoms with van der Waals surface area (Å²) in [5, 5.41) is 3.65. The normalized spacial score (nSPS) is 14.1. The Kier molecular flexibility index (Phi) is 5.42. The zero-order chi connectivity index (χ0) is 14.7. The first-order valence-corrected chi connectivity index (χ1v) is 8.33. The number of benzene rings is 2. The minimum Gasteiger partial charge on any atom is -0.304 e. The Morgan fingerprint density at radius 3 is 2.15 bits per heavy atom. The maximum Gasteiger partial charge on any atom is 0.0308 e. The smallest absolute Gasteiger partial charge is 0.0308 e. The summed E-state index contributed by atoms with van der Waals surface area (Å²) in [4.78, 5) is 0. The van der Waals surface area contributed by atoms with Crippen molar-refractivity contribution in [2.45, 2.75) is 32.9 Å². The molecule has 106 valence electrons. The molecule has 0 aliphatic heterocycles. The topological polar surface area (TPSA) is 12.0 Å². The maximum atomic E-state index is 3.65. The van der Waals surface area contributed by atoms with Crippen LogP contribution < -0.4 is 5.32 Å². The van der Waals surface area contributed by atoms with Crippen molar-refractivity contribution in [2.75, 3.05) is 0 Å². The zero-order valence-corrected chi connectivity index (χ0v) is 15.1. The molecule has 1 N–H and O–H groups in total. The molecule has 20 heavy (non-hydrogen) atoms. The first-order valence-electron chi connectivity index (χ1n) is 6.75. The molecule has 2 atom stereocenters. The van der Waals surface area contributed by atoms with Gasteiger partial charge >= 0.3 is 0 Å². The van der Waals surface area contributed by atoms with E-state index in [4.69, 9.17) is 0 Å². The third kappa shape index (κ3) is 3.94. The van der Waals surface area contributed by atoms with Crippen molar-refractivity contribution in [3.8, 4) is 0 Å². The Bertz CT molecular complexity index is 578. The summed E-state index contributed by atoms with van der Waals surface area (Å²) >= 11 is 7.12. The van der Waals surface area contributed by atoms with E-state index in [-0.39, 0.29) is 6.04 Å². The van der Waals surface area contributed by atoms with E-state index in [1.807, 2.05) is 0 Å². The van der Waals surface area contributed by atoms with Crippen molar-refractivity contribution in [3.63, 3.8) is 0 Å². The lowest BCUT2D eigenvalue weighted by atomic mass is 10.0. The first-order chi connectivity index (χ1) is 9.47. The number of aryl methyl sites for hydroxylation is 1. The standard InChI is InChI=1S/C17H19Br2N/c1-11-4-6-14(7-5-11)12(2)20-13(3)16-9-8-15(18)10-17(16)19/h4-10,12-13,20H,1-3H3. The van der Waals surface area contributed by atoms with E-state index in [0.29, 0.717) is 6.04 Å². The Labute approximate surface area is 138 Å². The summed E-state index contributed by atoms with van der Waals surface area (Å²) in [6.45, 7) is 6.51. The van der Waals surface area contributed by atoms with Gasteiger partial charge in [-0.25, -0.2) is 0 Å². The lowest BCUT2D eigenvalue weighted by Crippen LogP contribution is -2.22. The fourth-order valence-corrected chi connectivity index (χ4v) is 3.66. The van der Waals surface area contributed by atoms with Crippen molar-refractivity contribution < 1.29 is 0 Å². The number of rotatable bonds is 4. The van der Waals surface area contributed by atoms with Gasteiger partial charge in [-0.05, 0) is 44.0 Å². The third-order valence-electron chi connectivity index (χ3n) is 3.51. The molecule has 3 heteroatoms. The van der Waals surface area contributed by atoms with Crippen LogP contribution in [0.15, 0.2) is 51.4 Å². The Morgan fingerprint density at radius 1 is 0.900 bits per heavy atom. The molecule has 2 rings (SSSR count). The number of hydrogen-bond acceptors (Lipinski definition) is 1. The molecule has 0 spiro atoms. The van der Waals surface area contributed by atoms with Gasteiger partial charge in [0.2, 0.25) is 0 Å². The van der Waals surface area contributed by atoms with Gasteiger partial charge in [0.15, 0.2) is 0 Å². The highest BCUT2D eigenvalue weighted by Gasteiger charge is 2.13. The lowest BCUT2D eigenvalue weighted by molar-refractivity contribution is 0.493. The van der Waals surface area contributed by atoms with Gasteiger partial charge in [0.1, 0.15) is 0 Å². The number of nitrogens with one attached hydrogen (secondary N) is 1. The van der Waals surface area contributed by atoms with Crippen LogP contribution in [0.4, 0.5) is 0 Å². The number of hydrogen-bond donors (Lipinski definition) is 1. The quantitative estimate of drug-likeness (QED) is 0.674. The molecule has 0 saturated carbocycles. The van der Waals surface area contributed by atoms with Crippen LogP contribution in [-0.4, -0.2) is 0 Å². The van der Waals surface area contributed by atoms with Crippen molar-refractivity contribution in [2.24, 2.45) is 0 Å². The van der Waals surface area contributed by atoms with Gasteiger partial charge in [-0.15, -0.1) is 0 Å². The van der Waals surface area contributed by atoms with Gasteiger partial charge in [-0.2, -0.15) is 0 Å². The molecule has 0 bridgehead atoms. The van der Waals surface area contributed by atoms with Crippen molar-refractivity contribution >= 4 is 31.9 Å². The largest absolute Gasteiger partial charge is 0.304 e. The predicted octanol–water partition coefficient (Wildman–Crippen LogP) is 5.93. The minimum absolute atomic E-state index is 0.286. The van der Waals surface area contributed by atoms with Crippen LogP contribution in [-0.2, 0) is 0 Å². The Morgan fingerprint density at radius 2 is 1.55 bits per heavy atom. The third-order valence-corrected chi connectivity index (χ3v) is 4.69. The molecule has 0 heterocycles. The lowest BCUT2D eigenvalue weighted by Gasteiger charge is -2.22. The van der Waals surface area contributed by atoms with Crippen LogP contribution in [0.3, 0.4) is 0 Å². The van der Waals surface area contributed by atoms with Gasteiger partial charge in [0.05, 0.1) is 0 Å². The van der Waals surface area contributed by atoms with Crippen LogP contribution in [0.2, 0.25) is 0 Å². The molecule has 0 fully saturated rings. The number of halogens is 2. The van der Waals surface area contributed by atoms with E-state index < -0.39 is 0 Å². The molecule has 0 radical (unpaired) electrons. The fraction of sp³-hybridized carbons (Fsp3) is 0.294. The first kappa shape index (κ1) is 15.7. The van der Waals surface area contributed by atoms with E-state index in [1.54, 1.807) is 0 Å². The maximum absolute atomic E-state index is 3.65. The molecular formula is C17H19Br2N. The van der Waals surface area contributed by atoms with Crippen LogP contribution >= 0.6 is 31.9 Å². The van der Waals surface area contributed by atoms with Gasteiger partial charge in [0, 0.05) is 21.0 Å². The molecule has 0 aliphatic rings. The van der Waals surface area contributed by atoms with Gasteiger partial charge < -0.3 is 5.32 Å². The minimum atomic E-state index is 0.286. The van der Waals surface area contributed by atoms with Crippen LogP contribution in [0.1, 0.15) is 42.6 Å². The second-order valence-corrected chi connectivity index (χ2v) is 6.96. The average Bonchev–Trinajstić information content (AvgIpc) is 2.39. The zero-order valence-electron chi connectivity index (χ0n) is 12.0. The van der Waals surface area contributed by atoms with Crippen molar-refractivity contribution in [1.29, 1.82) is 0 Å². The highest BCUT2D eigenvalue weighted by atomic mass is 79.9. The predicted molar refractivity (Wildman–Crippen MR) is 93.0 cm³/mol. The van der Waals surface area contributed by atoms with E-state index in [0.717, 1.165) is 8.95 Å². The molecule has 2 aromatic rings. The van der Waals surface area contributed by atoms with E-state index in [1.165, 1.54) is 16.7 Å². The van der Waals surface area contributed by atoms with Crippen LogP contribution in [0.5, 0.6) is 0 Å². The molecule has 2 aromatic carbocycles. The van der Waals surface area contributed by atoms with Gasteiger partial charge in [-0.3, -0.25) is 0 Å². The Balaban J connectivity index is 2.10. The summed E-state index contributed by atoms with van der Waals surface area (Å²) in [6, 6.07) is 15.6. The SMILES string of the molecule is Cc1ccc(C(C)NC(C)c2ccc(Br)cc2Br)cc1. The van der Waals surface area contributed by atoms with E-state index >= 15 is 0 Å². The Hall–Kier alpha value is -0.640.